The maximum Gasteiger partial charge on any atom is 0.133 e. The minimum absolute atomic E-state index is 0.139. The third-order valence-electron chi connectivity index (χ3n) is 4.59. The number of ketones is 1. The van der Waals surface area contributed by atoms with E-state index in [1.54, 1.807) is 0 Å². The zero-order valence-electron chi connectivity index (χ0n) is 13.6. The maximum absolute atomic E-state index is 11.5. The smallest absolute Gasteiger partial charge is 0.133 e. The summed E-state index contributed by atoms with van der Waals surface area (Å²) in [6, 6.07) is 10.6. The first kappa shape index (κ1) is 17.0. The van der Waals surface area contributed by atoms with Crippen LogP contribution in [0.3, 0.4) is 0 Å². The van der Waals surface area contributed by atoms with Crippen LogP contribution in [0.25, 0.3) is 0 Å². The number of carbonyl (C=O) groups excluding carboxylic acids is 1. The van der Waals surface area contributed by atoms with Crippen LogP contribution in [0.2, 0.25) is 0 Å². The molecule has 1 fully saturated rings. The van der Waals surface area contributed by atoms with Gasteiger partial charge >= 0.3 is 0 Å². The highest BCUT2D eigenvalue weighted by Gasteiger charge is 2.24. The van der Waals surface area contributed by atoms with Gasteiger partial charge in [-0.1, -0.05) is 42.0 Å². The molecular formula is C20H28O2. The van der Waals surface area contributed by atoms with Crippen molar-refractivity contribution in [1.29, 1.82) is 0 Å². The predicted octanol–water partition coefficient (Wildman–Crippen LogP) is 4.47. The lowest BCUT2D eigenvalue weighted by atomic mass is 9.84. The Kier molecular flexibility index (Phi) is 6.85. The average Bonchev–Trinajstić information content (AvgIpc) is 2.52. The quantitative estimate of drug-likeness (QED) is 0.596. The van der Waals surface area contributed by atoms with E-state index in [9.17, 15) is 9.90 Å². The number of hydrogen-bond acceptors (Lipinski definition) is 2. The highest BCUT2D eigenvalue weighted by Crippen LogP contribution is 2.26. The van der Waals surface area contributed by atoms with Gasteiger partial charge in [-0.15, -0.1) is 0 Å². The van der Waals surface area contributed by atoms with E-state index in [1.807, 2.05) is 12.1 Å². The molecule has 0 saturated heterocycles. The molecule has 0 aliphatic heterocycles. The average molecular weight is 300 g/mol. The van der Waals surface area contributed by atoms with E-state index in [2.05, 4.69) is 31.2 Å². The van der Waals surface area contributed by atoms with E-state index in [0.29, 0.717) is 18.6 Å². The van der Waals surface area contributed by atoms with Crippen molar-refractivity contribution in [3.8, 4) is 0 Å². The highest BCUT2D eigenvalue weighted by atomic mass is 16.3. The summed E-state index contributed by atoms with van der Waals surface area (Å²) >= 11 is 0. The Hall–Kier alpha value is -1.41. The fourth-order valence-corrected chi connectivity index (χ4v) is 3.24. The SMILES string of the molecule is C/C(=C\C(O)C1CCCC(=O)C1)CCCCc1ccccc1. The standard InChI is InChI=1S/C20H28O2/c1-16(8-5-6-11-17-9-3-2-4-10-17)14-20(22)18-12-7-13-19(21)15-18/h2-4,9-10,14,18,20,22H,5-8,11-13,15H2,1H3/b16-14+. The first-order chi connectivity index (χ1) is 10.6. The molecule has 2 heteroatoms. The normalized spacial score (nSPS) is 20.9. The minimum atomic E-state index is -0.446. The summed E-state index contributed by atoms with van der Waals surface area (Å²) in [5, 5.41) is 10.3. The fraction of sp³-hybridized carbons (Fsp3) is 0.550. The molecule has 0 bridgehead atoms. The topological polar surface area (TPSA) is 37.3 Å². The summed E-state index contributed by atoms with van der Waals surface area (Å²) in [6.45, 7) is 2.09. The number of aryl methyl sites for hydroxylation is 1. The van der Waals surface area contributed by atoms with Crippen molar-refractivity contribution in [2.75, 3.05) is 0 Å². The molecule has 2 nitrogen and oxygen atoms in total. The van der Waals surface area contributed by atoms with E-state index in [1.165, 1.54) is 17.6 Å². The van der Waals surface area contributed by atoms with Crippen LogP contribution in [-0.4, -0.2) is 17.0 Å². The van der Waals surface area contributed by atoms with E-state index in [0.717, 1.165) is 32.1 Å². The Balaban J connectivity index is 1.69. The molecule has 0 aromatic heterocycles. The summed E-state index contributed by atoms with van der Waals surface area (Å²) in [5.74, 6) is 0.449. The third kappa shape index (κ3) is 5.76. The van der Waals surface area contributed by atoms with Crippen LogP contribution in [-0.2, 0) is 11.2 Å². The summed E-state index contributed by atoms with van der Waals surface area (Å²) in [6.07, 6.45) is 9.17. The molecule has 0 heterocycles. The van der Waals surface area contributed by atoms with Gasteiger partial charge in [0, 0.05) is 12.8 Å². The van der Waals surface area contributed by atoms with Gasteiger partial charge in [0.2, 0.25) is 0 Å². The molecule has 0 radical (unpaired) electrons. The Morgan fingerprint density at radius 3 is 2.82 bits per heavy atom. The van der Waals surface area contributed by atoms with Crippen LogP contribution in [0.15, 0.2) is 42.0 Å². The number of carbonyl (C=O) groups is 1. The van der Waals surface area contributed by atoms with Crippen LogP contribution < -0.4 is 0 Å². The van der Waals surface area contributed by atoms with Gasteiger partial charge in [0.05, 0.1) is 6.10 Å². The molecule has 1 saturated carbocycles. The molecule has 0 spiro atoms. The fourth-order valence-electron chi connectivity index (χ4n) is 3.24. The second-order valence-corrected chi connectivity index (χ2v) is 6.59. The lowest BCUT2D eigenvalue weighted by molar-refractivity contribution is -0.122. The molecule has 2 atom stereocenters. The van der Waals surface area contributed by atoms with Crippen molar-refractivity contribution in [1.82, 2.24) is 0 Å². The number of unbranched alkanes of at least 4 members (excludes halogenated alkanes) is 1. The van der Waals surface area contributed by atoms with Gasteiger partial charge in [0.1, 0.15) is 5.78 Å². The lowest BCUT2D eigenvalue weighted by Gasteiger charge is -2.24. The van der Waals surface area contributed by atoms with Crippen molar-refractivity contribution in [3.63, 3.8) is 0 Å². The number of allylic oxidation sites excluding steroid dienone is 1. The molecule has 22 heavy (non-hydrogen) atoms. The molecular weight excluding hydrogens is 272 g/mol. The third-order valence-corrected chi connectivity index (χ3v) is 4.59. The zero-order chi connectivity index (χ0) is 15.8. The molecule has 120 valence electrons. The van der Waals surface area contributed by atoms with E-state index in [-0.39, 0.29) is 5.92 Å². The maximum atomic E-state index is 11.5. The minimum Gasteiger partial charge on any atom is -0.389 e. The first-order valence-corrected chi connectivity index (χ1v) is 8.56. The molecule has 1 aliphatic rings. The van der Waals surface area contributed by atoms with Crippen molar-refractivity contribution >= 4 is 5.78 Å². The zero-order valence-corrected chi connectivity index (χ0v) is 13.6. The number of benzene rings is 1. The Morgan fingerprint density at radius 1 is 1.32 bits per heavy atom. The summed E-state index contributed by atoms with van der Waals surface area (Å²) in [4.78, 5) is 11.5. The number of hydrogen-bond donors (Lipinski definition) is 1. The lowest BCUT2D eigenvalue weighted by Crippen LogP contribution is -2.25. The highest BCUT2D eigenvalue weighted by molar-refractivity contribution is 5.79. The van der Waals surface area contributed by atoms with Gasteiger partial charge in [-0.25, -0.2) is 0 Å². The molecule has 1 aromatic rings. The molecule has 2 unspecified atom stereocenters. The van der Waals surface area contributed by atoms with Crippen LogP contribution >= 0.6 is 0 Å². The van der Waals surface area contributed by atoms with Crippen molar-refractivity contribution in [2.24, 2.45) is 5.92 Å². The van der Waals surface area contributed by atoms with E-state index in [4.69, 9.17) is 0 Å². The van der Waals surface area contributed by atoms with Crippen molar-refractivity contribution < 1.29 is 9.90 Å². The predicted molar refractivity (Wildman–Crippen MR) is 90.7 cm³/mol. The number of Topliss-reactive ketones (excluding diaryl/α,β-unsaturated/α-hetero) is 1. The van der Waals surface area contributed by atoms with Crippen LogP contribution in [0.1, 0.15) is 57.4 Å². The molecule has 0 amide bonds. The Labute approximate surface area is 134 Å². The molecule has 1 N–H and O–H groups in total. The number of aliphatic hydroxyl groups is 1. The van der Waals surface area contributed by atoms with Crippen LogP contribution in [0.5, 0.6) is 0 Å². The second kappa shape index (κ2) is 8.89. The van der Waals surface area contributed by atoms with Gasteiger partial charge in [-0.2, -0.15) is 0 Å². The number of rotatable bonds is 7. The summed E-state index contributed by atoms with van der Waals surface area (Å²) in [7, 11) is 0. The van der Waals surface area contributed by atoms with Gasteiger partial charge in [-0.3, -0.25) is 4.79 Å². The molecule has 1 aromatic carbocycles. The van der Waals surface area contributed by atoms with Crippen LogP contribution in [0, 0.1) is 5.92 Å². The summed E-state index contributed by atoms with van der Waals surface area (Å²) < 4.78 is 0. The van der Waals surface area contributed by atoms with Gasteiger partial charge in [0.15, 0.2) is 0 Å². The Morgan fingerprint density at radius 2 is 2.09 bits per heavy atom. The van der Waals surface area contributed by atoms with Gasteiger partial charge in [-0.05, 0) is 56.9 Å². The second-order valence-electron chi connectivity index (χ2n) is 6.59. The largest absolute Gasteiger partial charge is 0.389 e. The summed E-state index contributed by atoms with van der Waals surface area (Å²) in [5.41, 5.74) is 2.64. The Bertz CT molecular complexity index is 490. The molecule has 1 aliphatic carbocycles. The first-order valence-electron chi connectivity index (χ1n) is 8.56. The van der Waals surface area contributed by atoms with Crippen molar-refractivity contribution in [2.45, 2.75) is 64.4 Å². The van der Waals surface area contributed by atoms with Crippen LogP contribution in [0.4, 0.5) is 0 Å². The number of aliphatic hydroxyl groups excluding tert-OH is 1. The van der Waals surface area contributed by atoms with Gasteiger partial charge in [0.25, 0.3) is 0 Å². The van der Waals surface area contributed by atoms with E-state index < -0.39 is 6.10 Å². The molecule has 2 rings (SSSR count). The van der Waals surface area contributed by atoms with Crippen molar-refractivity contribution in [3.05, 3.63) is 47.5 Å². The van der Waals surface area contributed by atoms with Gasteiger partial charge < -0.3 is 5.11 Å². The monoisotopic (exact) mass is 300 g/mol. The van der Waals surface area contributed by atoms with E-state index >= 15 is 0 Å².